The lowest BCUT2D eigenvalue weighted by Gasteiger charge is -2.21. The van der Waals surface area contributed by atoms with Gasteiger partial charge in [0.1, 0.15) is 11.4 Å². The molecule has 92 valence electrons. The van der Waals surface area contributed by atoms with E-state index in [0.717, 1.165) is 24.6 Å². The molecule has 0 bridgehead atoms. The summed E-state index contributed by atoms with van der Waals surface area (Å²) >= 11 is 0. The molecule has 0 saturated carbocycles. The zero-order valence-corrected chi connectivity index (χ0v) is 10.5. The van der Waals surface area contributed by atoms with E-state index in [4.69, 9.17) is 4.74 Å². The summed E-state index contributed by atoms with van der Waals surface area (Å²) in [5, 5.41) is 11.0. The zero-order chi connectivity index (χ0) is 12.0. The van der Waals surface area contributed by atoms with E-state index >= 15 is 0 Å². The molecular formula is C11H21N3O2. The maximum atomic E-state index is 5.44. The lowest BCUT2D eigenvalue weighted by molar-refractivity contribution is 0.107. The molecule has 0 aromatic carbocycles. The first kappa shape index (κ1) is 13.1. The van der Waals surface area contributed by atoms with E-state index in [2.05, 4.69) is 34.1 Å². The Morgan fingerprint density at radius 3 is 2.62 bits per heavy atom. The van der Waals surface area contributed by atoms with Crippen molar-refractivity contribution in [3.63, 3.8) is 0 Å². The van der Waals surface area contributed by atoms with Crippen LogP contribution in [0.4, 0.5) is 0 Å². The number of aromatic nitrogens is 2. The van der Waals surface area contributed by atoms with Crippen molar-refractivity contribution in [3.8, 4) is 0 Å². The smallest absolute Gasteiger partial charge is 0.121 e. The van der Waals surface area contributed by atoms with Gasteiger partial charge in [0.15, 0.2) is 0 Å². The molecule has 1 heterocycles. The highest BCUT2D eigenvalue weighted by Crippen LogP contribution is 2.05. The van der Waals surface area contributed by atoms with Crippen LogP contribution in [-0.4, -0.2) is 29.6 Å². The molecule has 16 heavy (non-hydrogen) atoms. The molecule has 0 spiro atoms. The van der Waals surface area contributed by atoms with E-state index in [1.54, 1.807) is 0 Å². The van der Waals surface area contributed by atoms with Crippen LogP contribution in [0.5, 0.6) is 0 Å². The molecule has 0 radical (unpaired) electrons. The Morgan fingerprint density at radius 1 is 1.38 bits per heavy atom. The van der Waals surface area contributed by atoms with Gasteiger partial charge in [-0.25, -0.2) is 4.63 Å². The van der Waals surface area contributed by atoms with Gasteiger partial charge < -0.3 is 10.1 Å². The van der Waals surface area contributed by atoms with Crippen molar-refractivity contribution in [1.29, 1.82) is 0 Å². The van der Waals surface area contributed by atoms with E-state index in [-0.39, 0.29) is 0 Å². The Balaban J connectivity index is 2.40. The lowest BCUT2D eigenvalue weighted by Crippen LogP contribution is -2.37. The standard InChI is InChI=1S/C11H21N3O2/c1-5-15-7-11(8(2)3)12-6-10-9(4)13-16-14-10/h8,11-12H,5-7H2,1-4H3. The van der Waals surface area contributed by atoms with Crippen molar-refractivity contribution in [2.45, 2.75) is 40.3 Å². The first-order chi connectivity index (χ1) is 7.65. The van der Waals surface area contributed by atoms with Gasteiger partial charge in [-0.3, -0.25) is 0 Å². The molecule has 0 amide bonds. The minimum absolute atomic E-state index is 0.330. The highest BCUT2D eigenvalue weighted by atomic mass is 16.6. The Hall–Kier alpha value is -0.940. The Labute approximate surface area is 96.5 Å². The number of ether oxygens (including phenoxy) is 1. The molecule has 0 saturated heterocycles. The van der Waals surface area contributed by atoms with Crippen LogP contribution in [0.2, 0.25) is 0 Å². The summed E-state index contributed by atoms with van der Waals surface area (Å²) in [7, 11) is 0. The fourth-order valence-electron chi connectivity index (χ4n) is 1.37. The third-order valence-electron chi connectivity index (χ3n) is 2.58. The van der Waals surface area contributed by atoms with Gasteiger partial charge in [-0.15, -0.1) is 0 Å². The zero-order valence-electron chi connectivity index (χ0n) is 10.5. The molecule has 1 N–H and O–H groups in total. The summed E-state index contributed by atoms with van der Waals surface area (Å²) in [5.41, 5.74) is 1.70. The van der Waals surface area contributed by atoms with Crippen molar-refractivity contribution in [2.75, 3.05) is 13.2 Å². The molecule has 1 atom stereocenters. The van der Waals surface area contributed by atoms with E-state index < -0.39 is 0 Å². The molecule has 1 rings (SSSR count). The largest absolute Gasteiger partial charge is 0.380 e. The maximum Gasteiger partial charge on any atom is 0.121 e. The Morgan fingerprint density at radius 2 is 2.12 bits per heavy atom. The highest BCUT2D eigenvalue weighted by Gasteiger charge is 2.14. The average Bonchev–Trinajstić information content (AvgIpc) is 2.64. The topological polar surface area (TPSA) is 60.2 Å². The number of rotatable bonds is 7. The van der Waals surface area contributed by atoms with Gasteiger partial charge in [-0.2, -0.15) is 0 Å². The third-order valence-corrected chi connectivity index (χ3v) is 2.58. The molecule has 0 aliphatic carbocycles. The van der Waals surface area contributed by atoms with E-state index in [0.29, 0.717) is 18.5 Å². The normalized spacial score (nSPS) is 13.3. The van der Waals surface area contributed by atoms with Crippen LogP contribution in [0.15, 0.2) is 4.63 Å². The first-order valence-electron chi connectivity index (χ1n) is 5.74. The highest BCUT2D eigenvalue weighted by molar-refractivity contribution is 5.04. The van der Waals surface area contributed by atoms with E-state index in [1.165, 1.54) is 0 Å². The fraction of sp³-hybridized carbons (Fsp3) is 0.818. The van der Waals surface area contributed by atoms with Crippen molar-refractivity contribution < 1.29 is 9.37 Å². The van der Waals surface area contributed by atoms with Crippen LogP contribution < -0.4 is 5.32 Å². The van der Waals surface area contributed by atoms with Gasteiger partial charge >= 0.3 is 0 Å². The molecule has 0 aliphatic heterocycles. The van der Waals surface area contributed by atoms with Crippen molar-refractivity contribution in [2.24, 2.45) is 5.92 Å². The number of nitrogens with zero attached hydrogens (tertiary/aromatic N) is 2. The van der Waals surface area contributed by atoms with Crippen LogP contribution >= 0.6 is 0 Å². The number of nitrogens with one attached hydrogen (secondary N) is 1. The fourth-order valence-corrected chi connectivity index (χ4v) is 1.37. The summed E-state index contributed by atoms with van der Waals surface area (Å²) in [6.07, 6.45) is 0. The van der Waals surface area contributed by atoms with Crippen molar-refractivity contribution >= 4 is 0 Å². The summed E-state index contributed by atoms with van der Waals surface area (Å²) in [4.78, 5) is 0. The summed E-state index contributed by atoms with van der Waals surface area (Å²) in [6.45, 7) is 10.4. The second-order valence-electron chi connectivity index (χ2n) is 4.19. The number of aryl methyl sites for hydroxylation is 1. The van der Waals surface area contributed by atoms with E-state index in [1.807, 2.05) is 13.8 Å². The van der Waals surface area contributed by atoms with Gasteiger partial charge in [-0.05, 0) is 19.8 Å². The molecular weight excluding hydrogens is 206 g/mol. The molecule has 1 aromatic rings. The monoisotopic (exact) mass is 227 g/mol. The minimum atomic E-state index is 0.330. The minimum Gasteiger partial charge on any atom is -0.380 e. The molecule has 1 unspecified atom stereocenters. The number of hydrogen-bond donors (Lipinski definition) is 1. The van der Waals surface area contributed by atoms with Crippen LogP contribution in [0, 0.1) is 12.8 Å². The Kier molecular flexibility index (Phi) is 5.42. The van der Waals surface area contributed by atoms with Crippen molar-refractivity contribution in [3.05, 3.63) is 11.4 Å². The number of hydrogen-bond acceptors (Lipinski definition) is 5. The second kappa shape index (κ2) is 6.60. The predicted octanol–water partition coefficient (Wildman–Crippen LogP) is 1.53. The molecule has 0 aliphatic rings. The Bertz CT molecular complexity index is 299. The van der Waals surface area contributed by atoms with Gasteiger partial charge in [0, 0.05) is 19.2 Å². The summed E-state index contributed by atoms with van der Waals surface area (Å²) in [5.74, 6) is 0.520. The SMILES string of the molecule is CCOCC(NCc1nonc1C)C(C)C. The van der Waals surface area contributed by atoms with Gasteiger partial charge in [0.2, 0.25) is 0 Å². The molecule has 5 heteroatoms. The lowest BCUT2D eigenvalue weighted by atomic mass is 10.1. The summed E-state index contributed by atoms with van der Waals surface area (Å²) < 4.78 is 10.1. The van der Waals surface area contributed by atoms with Gasteiger partial charge in [0.05, 0.1) is 6.61 Å². The van der Waals surface area contributed by atoms with Crippen LogP contribution in [-0.2, 0) is 11.3 Å². The third kappa shape index (κ3) is 3.90. The van der Waals surface area contributed by atoms with Crippen LogP contribution in [0.3, 0.4) is 0 Å². The average molecular weight is 227 g/mol. The van der Waals surface area contributed by atoms with Gasteiger partial charge in [0.25, 0.3) is 0 Å². The van der Waals surface area contributed by atoms with Crippen LogP contribution in [0.25, 0.3) is 0 Å². The molecule has 1 aromatic heterocycles. The quantitative estimate of drug-likeness (QED) is 0.765. The molecule has 0 fully saturated rings. The van der Waals surface area contributed by atoms with Crippen molar-refractivity contribution in [1.82, 2.24) is 15.6 Å². The first-order valence-corrected chi connectivity index (χ1v) is 5.74. The second-order valence-corrected chi connectivity index (χ2v) is 4.19. The maximum absolute atomic E-state index is 5.44. The molecule has 5 nitrogen and oxygen atoms in total. The van der Waals surface area contributed by atoms with Crippen LogP contribution in [0.1, 0.15) is 32.2 Å². The van der Waals surface area contributed by atoms with Gasteiger partial charge in [-0.1, -0.05) is 24.2 Å². The van der Waals surface area contributed by atoms with E-state index in [9.17, 15) is 0 Å². The summed E-state index contributed by atoms with van der Waals surface area (Å²) in [6, 6.07) is 0.330. The predicted molar refractivity (Wildman–Crippen MR) is 61.0 cm³/mol.